The molecule has 0 saturated heterocycles. The Morgan fingerprint density at radius 2 is 0.253 bits per heavy atom. The summed E-state index contributed by atoms with van der Waals surface area (Å²) >= 11 is 0. The Morgan fingerprint density at radius 3 is 0.287 bits per heavy atom. The summed E-state index contributed by atoms with van der Waals surface area (Å²) in [6.07, 6.45) is 91.5. The lowest BCUT2D eigenvalue weighted by Gasteiger charge is -1.97. The molecule has 0 radical (unpaired) electrons. The quantitative estimate of drug-likeness (QED) is 0.0488. The standard InChI is InChI=1S/8C10H22.C3H7O3P/c8*1-3-5-7-9-10-8-6-4-2;1-3(2)6-7(4)5/h8*3-10H2,1-2H3;3H,1-2H3/p+1. The molecule has 0 aromatic heterocycles. The Bertz CT molecular complexity index is 684. The summed E-state index contributed by atoms with van der Waals surface area (Å²) in [5.41, 5.74) is 0. The van der Waals surface area contributed by atoms with Crippen molar-refractivity contribution in [1.82, 2.24) is 0 Å². The van der Waals surface area contributed by atoms with E-state index in [1.807, 2.05) is 0 Å². The molecular formula is C83H184O3P+. The van der Waals surface area contributed by atoms with E-state index in [9.17, 15) is 4.57 Å². The molecule has 0 amide bonds. The third-order valence-corrected chi connectivity index (χ3v) is 16.6. The van der Waals surface area contributed by atoms with Crippen LogP contribution in [-0.2, 0) is 9.09 Å². The fourth-order valence-corrected chi connectivity index (χ4v) is 10.2. The van der Waals surface area contributed by atoms with Gasteiger partial charge in [-0.2, -0.15) is 0 Å². The highest BCUT2D eigenvalue weighted by Crippen LogP contribution is 2.17. The van der Waals surface area contributed by atoms with E-state index in [4.69, 9.17) is 4.89 Å². The highest BCUT2D eigenvalue weighted by molar-refractivity contribution is 7.32. The van der Waals surface area contributed by atoms with Crippen molar-refractivity contribution in [2.75, 3.05) is 0 Å². The van der Waals surface area contributed by atoms with Crippen molar-refractivity contribution in [3.05, 3.63) is 0 Å². The van der Waals surface area contributed by atoms with Gasteiger partial charge >= 0.3 is 8.25 Å². The van der Waals surface area contributed by atoms with Gasteiger partial charge in [0.2, 0.25) is 0 Å². The molecule has 1 atom stereocenters. The van der Waals surface area contributed by atoms with E-state index in [0.717, 1.165) is 0 Å². The third-order valence-electron chi connectivity index (χ3n) is 16.0. The van der Waals surface area contributed by atoms with Crippen LogP contribution in [-0.4, -0.2) is 11.0 Å². The molecule has 1 unspecified atom stereocenters. The van der Waals surface area contributed by atoms with Crippen LogP contribution >= 0.6 is 8.25 Å². The van der Waals surface area contributed by atoms with Crippen molar-refractivity contribution in [2.24, 2.45) is 0 Å². The Labute approximate surface area is 560 Å². The van der Waals surface area contributed by atoms with Crippen LogP contribution in [0.5, 0.6) is 0 Å². The number of unbranched alkanes of at least 4 members (excludes halogenated alkanes) is 56. The molecule has 3 nitrogen and oxygen atoms in total. The highest BCUT2D eigenvalue weighted by Gasteiger charge is 2.13. The van der Waals surface area contributed by atoms with Gasteiger partial charge in [0, 0.05) is 4.57 Å². The minimum Gasteiger partial charge on any atom is -0.133 e. The summed E-state index contributed by atoms with van der Waals surface area (Å²) in [4.78, 5) is 8.01. The smallest absolute Gasteiger partial charge is 0.133 e. The molecule has 0 heterocycles. The zero-order valence-electron chi connectivity index (χ0n) is 65.5. The largest absolute Gasteiger partial charge is 0.694 e. The van der Waals surface area contributed by atoms with E-state index in [0.29, 0.717) is 0 Å². The molecule has 0 spiro atoms. The van der Waals surface area contributed by atoms with Crippen molar-refractivity contribution in [1.29, 1.82) is 0 Å². The molecule has 0 aliphatic carbocycles. The average molecular weight is 1260 g/mol. The number of hydrogen-bond acceptors (Lipinski definition) is 2. The molecule has 0 aliphatic rings. The van der Waals surface area contributed by atoms with Crippen LogP contribution in [0, 0.1) is 0 Å². The molecule has 0 rings (SSSR count). The van der Waals surface area contributed by atoms with Gasteiger partial charge in [0.1, 0.15) is 6.10 Å². The monoisotopic (exact) mass is 1260 g/mol. The lowest BCUT2D eigenvalue weighted by molar-refractivity contribution is 0.222. The van der Waals surface area contributed by atoms with Crippen LogP contribution in [0.1, 0.15) is 536 Å². The van der Waals surface area contributed by atoms with Crippen LogP contribution < -0.4 is 0 Å². The zero-order chi connectivity index (χ0) is 67.1. The first-order valence-corrected chi connectivity index (χ1v) is 42.4. The summed E-state index contributed by atoms with van der Waals surface area (Å²) in [5.74, 6) is 0. The number of rotatable bonds is 58. The molecular weight excluding hydrogens is 1080 g/mol. The highest BCUT2D eigenvalue weighted by atomic mass is 31.1. The van der Waals surface area contributed by atoms with E-state index in [1.165, 1.54) is 411 Å². The van der Waals surface area contributed by atoms with Crippen LogP contribution in [0.2, 0.25) is 0 Å². The summed E-state index contributed by atoms with van der Waals surface area (Å²) in [6.45, 7) is 39.7. The SMILES string of the molecule is CC(C)O[P+](=O)O.CCCCCCCCCC.CCCCCCCCCC.CCCCCCCCCC.CCCCCCCCCC.CCCCCCCCCC.CCCCCCCCCC.CCCCCCCCCC.CCCCCCCCCC. The van der Waals surface area contributed by atoms with Crippen molar-refractivity contribution in [3.63, 3.8) is 0 Å². The second-order valence-electron chi connectivity index (χ2n) is 26.4. The van der Waals surface area contributed by atoms with Gasteiger partial charge in [0.25, 0.3) is 0 Å². The lowest BCUT2D eigenvalue weighted by atomic mass is 10.1. The molecule has 4 heteroatoms. The van der Waals surface area contributed by atoms with Crippen LogP contribution in [0.15, 0.2) is 0 Å². The molecule has 538 valence electrons. The Kier molecular flexibility index (Phi) is 150. The molecule has 0 saturated carbocycles. The third kappa shape index (κ3) is 169. The van der Waals surface area contributed by atoms with Crippen molar-refractivity contribution in [2.45, 2.75) is 542 Å². The summed E-state index contributed by atoms with van der Waals surface area (Å²) in [7, 11) is -2.39. The Balaban J connectivity index is -0.000000113. The topological polar surface area (TPSA) is 46.5 Å². The fourth-order valence-electron chi connectivity index (χ4n) is 9.84. The molecule has 0 aromatic carbocycles. The van der Waals surface area contributed by atoms with E-state index in [-0.39, 0.29) is 6.10 Å². The maximum Gasteiger partial charge on any atom is 0.694 e. The van der Waals surface area contributed by atoms with Crippen LogP contribution in [0.4, 0.5) is 0 Å². The van der Waals surface area contributed by atoms with Gasteiger partial charge in [-0.15, -0.1) is 9.42 Å². The molecule has 1 N–H and O–H groups in total. The Hall–Kier alpha value is 0.0200. The van der Waals surface area contributed by atoms with Gasteiger partial charge in [0.05, 0.1) is 0 Å². The van der Waals surface area contributed by atoms with Crippen LogP contribution in [0.25, 0.3) is 0 Å². The van der Waals surface area contributed by atoms with Gasteiger partial charge in [-0.3, -0.25) is 0 Å². The lowest BCUT2D eigenvalue weighted by Crippen LogP contribution is -1.92. The minimum absolute atomic E-state index is 0.159. The Morgan fingerprint density at radius 1 is 0.184 bits per heavy atom. The predicted octanol–water partition coefficient (Wildman–Crippen LogP) is 34.2. The number of hydrogen-bond donors (Lipinski definition) is 1. The first kappa shape index (κ1) is 106. The van der Waals surface area contributed by atoms with E-state index in [2.05, 4.69) is 115 Å². The van der Waals surface area contributed by atoms with Crippen molar-refractivity contribution < 1.29 is 14.0 Å². The second-order valence-corrected chi connectivity index (χ2v) is 27.0. The normalized spacial score (nSPS) is 10.4. The molecule has 0 bridgehead atoms. The summed E-state index contributed by atoms with van der Waals surface area (Å²) < 4.78 is 14.1. The van der Waals surface area contributed by atoms with Gasteiger partial charge in [-0.05, 0) is 13.8 Å². The molecule has 0 fully saturated rings. The minimum atomic E-state index is -2.39. The van der Waals surface area contributed by atoms with E-state index in [1.54, 1.807) is 13.8 Å². The first-order valence-electron chi connectivity index (χ1n) is 41.3. The predicted molar refractivity (Wildman–Crippen MR) is 412 cm³/mol. The molecule has 87 heavy (non-hydrogen) atoms. The van der Waals surface area contributed by atoms with E-state index < -0.39 is 8.25 Å². The van der Waals surface area contributed by atoms with Gasteiger partial charge < -0.3 is 0 Å². The second kappa shape index (κ2) is 123. The summed E-state index contributed by atoms with van der Waals surface area (Å²) in [6, 6.07) is 0. The maximum absolute atomic E-state index is 9.74. The molecule has 0 aliphatic heterocycles. The maximum atomic E-state index is 9.74. The fraction of sp³-hybridized carbons (Fsp3) is 1.00. The van der Waals surface area contributed by atoms with Crippen LogP contribution in [0.3, 0.4) is 0 Å². The van der Waals surface area contributed by atoms with Gasteiger partial charge in [-0.1, -0.05) is 522 Å². The van der Waals surface area contributed by atoms with Gasteiger partial charge in [0.15, 0.2) is 0 Å². The van der Waals surface area contributed by atoms with Gasteiger partial charge in [-0.25, -0.2) is 0 Å². The van der Waals surface area contributed by atoms with Crippen molar-refractivity contribution in [3.8, 4) is 0 Å². The summed E-state index contributed by atoms with van der Waals surface area (Å²) in [5, 5.41) is 0. The van der Waals surface area contributed by atoms with Crippen molar-refractivity contribution >= 4 is 8.25 Å². The average Bonchev–Trinajstić information content (AvgIpc) is 3.51. The first-order chi connectivity index (χ1) is 42.4. The van der Waals surface area contributed by atoms with E-state index >= 15 is 0 Å². The zero-order valence-corrected chi connectivity index (χ0v) is 66.4. The molecule has 0 aromatic rings.